The zero-order valence-corrected chi connectivity index (χ0v) is 9.68. The molecule has 2 aliphatic rings. The lowest BCUT2D eigenvalue weighted by Crippen LogP contribution is -2.19. The summed E-state index contributed by atoms with van der Waals surface area (Å²) in [5.74, 6) is 0.0148. The number of carbonyl (C=O) groups is 1. The molecule has 1 heterocycles. The van der Waals surface area contributed by atoms with Crippen molar-refractivity contribution in [2.75, 3.05) is 5.01 Å². The highest BCUT2D eigenvalue weighted by Gasteiger charge is 2.25. The van der Waals surface area contributed by atoms with Gasteiger partial charge in [-0.15, -0.1) is 0 Å². The predicted molar refractivity (Wildman–Crippen MR) is 64.9 cm³/mol. The van der Waals surface area contributed by atoms with E-state index in [4.69, 9.17) is 0 Å². The fourth-order valence-corrected chi connectivity index (χ4v) is 2.47. The Morgan fingerprint density at radius 3 is 3.00 bits per heavy atom. The van der Waals surface area contributed by atoms with E-state index in [0.717, 1.165) is 35.4 Å². The summed E-state index contributed by atoms with van der Waals surface area (Å²) in [6.45, 7) is 1.86. The predicted octanol–water partition coefficient (Wildman–Crippen LogP) is 1.78. The topological polar surface area (TPSA) is 52.9 Å². The molecule has 1 aliphatic carbocycles. The molecule has 1 amide bonds. The van der Waals surface area contributed by atoms with Crippen LogP contribution < -0.4 is 5.01 Å². The van der Waals surface area contributed by atoms with Gasteiger partial charge in [-0.3, -0.25) is 4.79 Å². The number of aliphatic hydroxyl groups is 1. The lowest BCUT2D eigenvalue weighted by atomic mass is 10.1. The molecule has 4 heteroatoms. The van der Waals surface area contributed by atoms with Crippen molar-refractivity contribution in [1.29, 1.82) is 0 Å². The van der Waals surface area contributed by atoms with Crippen LogP contribution in [-0.4, -0.2) is 16.7 Å². The fourth-order valence-electron chi connectivity index (χ4n) is 2.47. The summed E-state index contributed by atoms with van der Waals surface area (Å²) in [6.07, 6.45) is 1.70. The Balaban J connectivity index is 1.98. The van der Waals surface area contributed by atoms with Gasteiger partial charge in [-0.2, -0.15) is 5.10 Å². The molecule has 1 aromatic carbocycles. The van der Waals surface area contributed by atoms with Crippen LogP contribution in [0.2, 0.25) is 0 Å². The summed E-state index contributed by atoms with van der Waals surface area (Å²) in [5, 5.41) is 15.4. The molecule has 0 spiro atoms. The summed E-state index contributed by atoms with van der Waals surface area (Å²) >= 11 is 0. The van der Waals surface area contributed by atoms with E-state index in [0.29, 0.717) is 6.42 Å². The molecule has 0 fully saturated rings. The number of benzene rings is 1. The van der Waals surface area contributed by atoms with Gasteiger partial charge in [0.25, 0.3) is 5.91 Å². The maximum atomic E-state index is 11.7. The van der Waals surface area contributed by atoms with Gasteiger partial charge in [0.2, 0.25) is 0 Å². The third-order valence-electron chi connectivity index (χ3n) is 3.33. The maximum absolute atomic E-state index is 11.7. The largest absolute Gasteiger partial charge is 0.388 e. The monoisotopic (exact) mass is 230 g/mol. The molecule has 4 nitrogen and oxygen atoms in total. The first kappa shape index (κ1) is 10.5. The Hall–Kier alpha value is -1.68. The van der Waals surface area contributed by atoms with Crippen molar-refractivity contribution in [2.45, 2.75) is 32.3 Å². The van der Waals surface area contributed by atoms with E-state index in [9.17, 15) is 9.90 Å². The number of aliphatic hydroxyl groups excluding tert-OH is 1. The van der Waals surface area contributed by atoms with Crippen LogP contribution in [0, 0.1) is 0 Å². The Kier molecular flexibility index (Phi) is 2.26. The molecule has 0 saturated heterocycles. The van der Waals surface area contributed by atoms with Gasteiger partial charge in [-0.05, 0) is 43.0 Å². The Morgan fingerprint density at radius 2 is 2.29 bits per heavy atom. The van der Waals surface area contributed by atoms with Crippen molar-refractivity contribution in [3.05, 3.63) is 29.3 Å². The number of nitrogens with zero attached hydrogens (tertiary/aromatic N) is 2. The number of rotatable bonds is 1. The van der Waals surface area contributed by atoms with Crippen LogP contribution in [0.25, 0.3) is 0 Å². The number of anilines is 1. The second-order valence-corrected chi connectivity index (χ2v) is 4.66. The molecule has 0 aromatic heterocycles. The third-order valence-corrected chi connectivity index (χ3v) is 3.33. The highest BCUT2D eigenvalue weighted by Crippen LogP contribution is 2.34. The van der Waals surface area contributed by atoms with Crippen molar-refractivity contribution in [1.82, 2.24) is 0 Å². The first-order valence-electron chi connectivity index (χ1n) is 5.83. The Bertz CT molecular complexity index is 522. The lowest BCUT2D eigenvalue weighted by Gasteiger charge is -2.13. The van der Waals surface area contributed by atoms with E-state index in [1.54, 1.807) is 0 Å². The summed E-state index contributed by atoms with van der Waals surface area (Å²) in [5.41, 5.74) is 3.76. The van der Waals surface area contributed by atoms with Gasteiger partial charge >= 0.3 is 0 Å². The lowest BCUT2D eigenvalue weighted by molar-refractivity contribution is -0.116. The molecule has 1 aromatic rings. The fraction of sp³-hybridized carbons (Fsp3) is 0.385. The highest BCUT2D eigenvalue weighted by atomic mass is 16.3. The van der Waals surface area contributed by atoms with Gasteiger partial charge in [-0.1, -0.05) is 6.07 Å². The van der Waals surface area contributed by atoms with Crippen LogP contribution in [0.15, 0.2) is 23.3 Å². The highest BCUT2D eigenvalue weighted by molar-refractivity contribution is 6.12. The second-order valence-electron chi connectivity index (χ2n) is 4.66. The van der Waals surface area contributed by atoms with Crippen LogP contribution in [0.4, 0.5) is 5.69 Å². The zero-order chi connectivity index (χ0) is 12.0. The Morgan fingerprint density at radius 1 is 1.47 bits per heavy atom. The van der Waals surface area contributed by atoms with Crippen molar-refractivity contribution in [3.8, 4) is 0 Å². The first-order chi connectivity index (χ1) is 8.15. The molecule has 1 aliphatic heterocycles. The standard InChI is InChI=1S/C13H14N2O2/c1-8-6-13(17)15(14-8)10-3-4-11-9(7-10)2-5-12(11)16/h3-4,7,12,16H,2,5-6H2,1H3. The molecule has 0 bridgehead atoms. The number of carbonyl (C=O) groups excluding carboxylic acids is 1. The first-order valence-corrected chi connectivity index (χ1v) is 5.83. The van der Waals surface area contributed by atoms with Crippen molar-refractivity contribution < 1.29 is 9.90 Å². The van der Waals surface area contributed by atoms with Gasteiger partial charge in [0, 0.05) is 5.71 Å². The van der Waals surface area contributed by atoms with Gasteiger partial charge in [0.1, 0.15) is 0 Å². The summed E-state index contributed by atoms with van der Waals surface area (Å²) < 4.78 is 0. The number of hydrazone groups is 1. The van der Waals surface area contributed by atoms with E-state index in [-0.39, 0.29) is 12.0 Å². The molecule has 0 radical (unpaired) electrons. The van der Waals surface area contributed by atoms with E-state index in [1.165, 1.54) is 5.01 Å². The Labute approximate surface area is 99.6 Å². The average molecular weight is 230 g/mol. The van der Waals surface area contributed by atoms with Crippen molar-refractivity contribution in [2.24, 2.45) is 5.10 Å². The van der Waals surface area contributed by atoms with Gasteiger partial charge < -0.3 is 5.11 Å². The van der Waals surface area contributed by atoms with Gasteiger partial charge in [0.05, 0.1) is 18.2 Å². The maximum Gasteiger partial charge on any atom is 0.253 e. The molecule has 3 rings (SSSR count). The van der Waals surface area contributed by atoms with Gasteiger partial charge in [0.15, 0.2) is 0 Å². The second kappa shape index (κ2) is 3.67. The number of fused-ring (bicyclic) bond motifs is 1. The van der Waals surface area contributed by atoms with Crippen LogP contribution >= 0.6 is 0 Å². The third kappa shape index (κ3) is 1.65. The van der Waals surface area contributed by atoms with Crippen molar-refractivity contribution in [3.63, 3.8) is 0 Å². The zero-order valence-electron chi connectivity index (χ0n) is 9.68. The molecule has 1 N–H and O–H groups in total. The number of amides is 1. The summed E-state index contributed by atoms with van der Waals surface area (Å²) in [4.78, 5) is 11.7. The molecular weight excluding hydrogens is 216 g/mol. The molecular formula is C13H14N2O2. The molecule has 1 atom stereocenters. The quantitative estimate of drug-likeness (QED) is 0.799. The van der Waals surface area contributed by atoms with Gasteiger partial charge in [-0.25, -0.2) is 5.01 Å². The smallest absolute Gasteiger partial charge is 0.253 e. The minimum absolute atomic E-state index is 0.0148. The van der Waals surface area contributed by atoms with Crippen LogP contribution in [0.3, 0.4) is 0 Å². The number of hydrogen-bond acceptors (Lipinski definition) is 3. The normalized spacial score (nSPS) is 22.9. The number of aryl methyl sites for hydroxylation is 1. The van der Waals surface area contributed by atoms with Crippen LogP contribution in [0.5, 0.6) is 0 Å². The molecule has 17 heavy (non-hydrogen) atoms. The minimum atomic E-state index is -0.349. The SMILES string of the molecule is CC1=NN(c2ccc3c(c2)CCC3O)C(=O)C1. The van der Waals surface area contributed by atoms with Crippen LogP contribution in [0.1, 0.15) is 37.0 Å². The minimum Gasteiger partial charge on any atom is -0.388 e. The molecule has 1 unspecified atom stereocenters. The summed E-state index contributed by atoms with van der Waals surface area (Å²) in [7, 11) is 0. The number of hydrogen-bond donors (Lipinski definition) is 1. The van der Waals surface area contributed by atoms with E-state index < -0.39 is 0 Å². The molecule has 0 saturated carbocycles. The average Bonchev–Trinajstić information content (AvgIpc) is 2.82. The summed E-state index contributed by atoms with van der Waals surface area (Å²) in [6, 6.07) is 5.72. The molecule has 88 valence electrons. The van der Waals surface area contributed by atoms with E-state index >= 15 is 0 Å². The van der Waals surface area contributed by atoms with E-state index in [1.807, 2.05) is 25.1 Å². The van der Waals surface area contributed by atoms with Crippen molar-refractivity contribution >= 4 is 17.3 Å². The van der Waals surface area contributed by atoms with E-state index in [2.05, 4.69) is 5.10 Å². The van der Waals surface area contributed by atoms with Crippen LogP contribution in [-0.2, 0) is 11.2 Å².